The van der Waals surface area contributed by atoms with Crippen LogP contribution in [0.15, 0.2) is 0 Å². The first kappa shape index (κ1) is 14.0. The van der Waals surface area contributed by atoms with Crippen LogP contribution in [0.4, 0.5) is 0 Å². The van der Waals surface area contributed by atoms with Crippen LogP contribution in [0.2, 0.25) is 6.55 Å². The molecule has 0 aromatic heterocycles. The van der Waals surface area contributed by atoms with E-state index in [-0.39, 0.29) is 5.92 Å². The fraction of sp³-hybridized carbons (Fsp3) is 0.875. The second kappa shape index (κ2) is 6.44. The lowest BCUT2D eigenvalue weighted by Gasteiger charge is -2.22. The Labute approximate surface area is 90.2 Å². The Morgan fingerprint density at radius 2 is 2.00 bits per heavy atom. The molecule has 0 aromatic carbocycles. The molecule has 1 N–H and O–H groups in total. The number of carboxylic acid groups (broad SMARTS) is 1. The van der Waals surface area contributed by atoms with Gasteiger partial charge in [-0.05, 0) is 6.55 Å². The van der Waals surface area contributed by atoms with Gasteiger partial charge < -0.3 is 14.0 Å². The molecule has 1 unspecified atom stereocenters. The van der Waals surface area contributed by atoms with Crippen LogP contribution in [0.5, 0.6) is 0 Å². The van der Waals surface area contributed by atoms with E-state index in [0.717, 1.165) is 5.38 Å². The molecule has 0 aromatic rings. The standard InChI is InChI=1S/C8H18O4SSi/c1-7(8(9)10)5-13-6-14(4,11-2)12-3/h7H,5-6H2,1-4H3,(H,9,10). The third-order valence-electron chi connectivity index (χ3n) is 2.02. The predicted octanol–water partition coefficient (Wildman–Crippen LogP) is 1.34. The summed E-state index contributed by atoms with van der Waals surface area (Å²) in [4.78, 5) is 10.5. The van der Waals surface area contributed by atoms with Crippen molar-refractivity contribution in [1.82, 2.24) is 0 Å². The molecule has 0 rings (SSSR count). The zero-order valence-corrected chi connectivity index (χ0v) is 10.9. The Morgan fingerprint density at radius 3 is 2.36 bits per heavy atom. The van der Waals surface area contributed by atoms with Crippen molar-refractivity contribution in [1.29, 1.82) is 0 Å². The maximum atomic E-state index is 10.5. The summed E-state index contributed by atoms with van der Waals surface area (Å²) < 4.78 is 10.6. The van der Waals surface area contributed by atoms with E-state index in [2.05, 4.69) is 0 Å². The molecule has 1 atom stereocenters. The van der Waals surface area contributed by atoms with Crippen molar-refractivity contribution in [3.05, 3.63) is 0 Å². The summed E-state index contributed by atoms with van der Waals surface area (Å²) in [5, 5.41) is 9.42. The Balaban J connectivity index is 3.77. The SMILES string of the molecule is CO[Si](C)(CSCC(C)C(=O)O)OC. The minimum atomic E-state index is -2.03. The number of hydrogen-bond acceptors (Lipinski definition) is 4. The average molecular weight is 238 g/mol. The molecule has 0 fully saturated rings. The lowest BCUT2D eigenvalue weighted by Crippen LogP contribution is -2.40. The highest BCUT2D eigenvalue weighted by Gasteiger charge is 2.29. The summed E-state index contributed by atoms with van der Waals surface area (Å²) in [6.07, 6.45) is 0. The van der Waals surface area contributed by atoms with Crippen molar-refractivity contribution >= 4 is 26.3 Å². The van der Waals surface area contributed by atoms with Gasteiger partial charge in [0.25, 0.3) is 0 Å². The van der Waals surface area contributed by atoms with Crippen LogP contribution in [0.3, 0.4) is 0 Å². The van der Waals surface area contributed by atoms with Crippen molar-refractivity contribution in [3.8, 4) is 0 Å². The van der Waals surface area contributed by atoms with Crippen LogP contribution >= 0.6 is 11.8 Å². The average Bonchev–Trinajstić information content (AvgIpc) is 2.17. The number of thioether (sulfide) groups is 1. The number of aliphatic carboxylic acids is 1. The number of carboxylic acids is 1. The van der Waals surface area contributed by atoms with Crippen molar-refractivity contribution in [2.24, 2.45) is 5.92 Å². The summed E-state index contributed by atoms with van der Waals surface area (Å²) >= 11 is 1.58. The monoisotopic (exact) mass is 238 g/mol. The fourth-order valence-corrected chi connectivity index (χ4v) is 4.25. The molecule has 0 aliphatic rings. The first-order valence-electron chi connectivity index (χ1n) is 4.36. The second-order valence-corrected chi connectivity index (χ2v) is 8.28. The molecule has 84 valence electrons. The topological polar surface area (TPSA) is 55.8 Å². The van der Waals surface area contributed by atoms with E-state index < -0.39 is 14.5 Å². The maximum absolute atomic E-state index is 10.5. The van der Waals surface area contributed by atoms with Crippen molar-refractivity contribution < 1.29 is 18.8 Å². The van der Waals surface area contributed by atoms with E-state index in [0.29, 0.717) is 5.75 Å². The summed E-state index contributed by atoms with van der Waals surface area (Å²) in [5.41, 5.74) is 0. The van der Waals surface area contributed by atoms with Crippen LogP contribution < -0.4 is 0 Å². The van der Waals surface area contributed by atoms with E-state index >= 15 is 0 Å². The van der Waals surface area contributed by atoms with Crippen LogP contribution in [0, 0.1) is 5.92 Å². The lowest BCUT2D eigenvalue weighted by atomic mass is 10.2. The van der Waals surface area contributed by atoms with Crippen molar-refractivity contribution in [3.63, 3.8) is 0 Å². The molecule has 0 bridgehead atoms. The lowest BCUT2D eigenvalue weighted by molar-refractivity contribution is -0.140. The van der Waals surface area contributed by atoms with E-state index in [9.17, 15) is 4.79 Å². The van der Waals surface area contributed by atoms with E-state index in [1.165, 1.54) is 0 Å². The molecule has 4 nitrogen and oxygen atoms in total. The molecule has 0 saturated carbocycles. The van der Waals surface area contributed by atoms with Gasteiger partial charge in [0.15, 0.2) is 0 Å². The number of carbonyl (C=O) groups is 1. The van der Waals surface area contributed by atoms with Gasteiger partial charge in [-0.3, -0.25) is 4.79 Å². The third-order valence-corrected chi connectivity index (χ3v) is 7.39. The Morgan fingerprint density at radius 1 is 1.50 bits per heavy atom. The summed E-state index contributed by atoms with van der Waals surface area (Å²) in [7, 11) is 1.24. The van der Waals surface area contributed by atoms with Gasteiger partial charge in [-0.2, -0.15) is 11.8 Å². The molecule has 0 radical (unpaired) electrons. The zero-order valence-electron chi connectivity index (χ0n) is 9.07. The van der Waals surface area contributed by atoms with E-state index in [1.807, 2.05) is 6.55 Å². The molecule has 0 amide bonds. The Hall–Kier alpha value is -0.0431. The van der Waals surface area contributed by atoms with Crippen molar-refractivity contribution in [2.75, 3.05) is 25.3 Å². The molecule has 0 spiro atoms. The minimum Gasteiger partial charge on any atom is -0.481 e. The van der Waals surface area contributed by atoms with Crippen LogP contribution in [-0.4, -0.2) is 45.0 Å². The molecule has 0 saturated heterocycles. The van der Waals surface area contributed by atoms with Gasteiger partial charge in [0.05, 0.1) is 5.92 Å². The zero-order chi connectivity index (χ0) is 11.2. The van der Waals surface area contributed by atoms with E-state index in [4.69, 9.17) is 14.0 Å². The Bertz CT molecular complexity index is 184. The van der Waals surface area contributed by atoms with Gasteiger partial charge in [-0.1, -0.05) is 6.92 Å². The quantitative estimate of drug-likeness (QED) is 0.678. The van der Waals surface area contributed by atoms with E-state index in [1.54, 1.807) is 32.9 Å². The summed E-state index contributed by atoms with van der Waals surface area (Å²) in [5.74, 6) is -0.465. The van der Waals surface area contributed by atoms with Crippen LogP contribution in [0.1, 0.15) is 6.92 Å². The van der Waals surface area contributed by atoms with Crippen molar-refractivity contribution in [2.45, 2.75) is 13.5 Å². The highest BCUT2D eigenvalue weighted by atomic mass is 32.2. The third kappa shape index (κ3) is 4.99. The molecule has 6 heteroatoms. The molecule has 0 heterocycles. The molecule has 14 heavy (non-hydrogen) atoms. The van der Waals surface area contributed by atoms with Gasteiger partial charge in [0.1, 0.15) is 0 Å². The highest BCUT2D eigenvalue weighted by Crippen LogP contribution is 2.16. The van der Waals surface area contributed by atoms with Gasteiger partial charge in [-0.25, -0.2) is 0 Å². The number of hydrogen-bond donors (Lipinski definition) is 1. The predicted molar refractivity (Wildman–Crippen MR) is 59.8 cm³/mol. The molecular weight excluding hydrogens is 220 g/mol. The molecule has 0 aliphatic heterocycles. The first-order valence-corrected chi connectivity index (χ1v) is 8.04. The van der Waals surface area contributed by atoms with Gasteiger partial charge in [0, 0.05) is 25.3 Å². The van der Waals surface area contributed by atoms with Gasteiger partial charge in [0.2, 0.25) is 0 Å². The normalized spacial score (nSPS) is 14.0. The fourth-order valence-electron chi connectivity index (χ4n) is 0.694. The van der Waals surface area contributed by atoms with Crippen LogP contribution in [0.25, 0.3) is 0 Å². The largest absolute Gasteiger partial charge is 0.481 e. The maximum Gasteiger partial charge on any atom is 0.344 e. The van der Waals surface area contributed by atoms with Gasteiger partial charge in [-0.15, -0.1) is 0 Å². The number of rotatable bonds is 7. The minimum absolute atomic E-state index is 0.313. The Kier molecular flexibility index (Phi) is 6.42. The highest BCUT2D eigenvalue weighted by molar-refractivity contribution is 8.00. The molecular formula is C8H18O4SSi. The summed E-state index contributed by atoms with van der Waals surface area (Å²) in [6, 6.07) is 0. The molecule has 0 aliphatic carbocycles. The smallest absolute Gasteiger partial charge is 0.344 e. The summed E-state index contributed by atoms with van der Waals surface area (Å²) in [6.45, 7) is 3.67. The first-order chi connectivity index (χ1) is 6.45. The van der Waals surface area contributed by atoms with Gasteiger partial charge >= 0.3 is 14.5 Å². The van der Waals surface area contributed by atoms with Crippen LogP contribution in [-0.2, 0) is 13.6 Å². The second-order valence-electron chi connectivity index (χ2n) is 3.30.